The second kappa shape index (κ2) is 12.7. The summed E-state index contributed by atoms with van der Waals surface area (Å²) in [6, 6.07) is 7.67. The second-order valence-corrected chi connectivity index (χ2v) is 5.41. The molecule has 0 aromatic heterocycles. The first kappa shape index (κ1) is 18.7. The van der Waals surface area contributed by atoms with Crippen molar-refractivity contribution in [2.45, 2.75) is 72.1 Å². The van der Waals surface area contributed by atoms with E-state index in [1.54, 1.807) is 6.07 Å². The van der Waals surface area contributed by atoms with E-state index in [4.69, 9.17) is 0 Å². The minimum atomic E-state index is 0.167. The van der Waals surface area contributed by atoms with Crippen molar-refractivity contribution in [1.82, 2.24) is 0 Å². The Balaban J connectivity index is 0.000000796. The summed E-state index contributed by atoms with van der Waals surface area (Å²) in [6.07, 6.45) is 10.3. The van der Waals surface area contributed by atoms with Gasteiger partial charge >= 0.3 is 0 Å². The third-order valence-corrected chi connectivity index (χ3v) is 3.04. The number of hydrogen-bond donors (Lipinski definition) is 1. The number of hydrogen-bond acceptors (Lipinski definition) is 2. The predicted molar refractivity (Wildman–Crippen MR) is 86.2 cm³/mol. The number of Topliss-reactive ketones (excluding diaryl/α,β-unsaturated/α-hetero) is 1. The van der Waals surface area contributed by atoms with Crippen molar-refractivity contribution < 1.29 is 9.90 Å². The van der Waals surface area contributed by atoms with Crippen LogP contribution in [0, 0.1) is 0 Å². The Bertz CT molecular complexity index is 354. The number of aryl methyl sites for hydroxylation is 1. The lowest BCUT2D eigenvalue weighted by Crippen LogP contribution is -1.87. The molecule has 0 amide bonds. The highest BCUT2D eigenvalue weighted by Crippen LogP contribution is 2.18. The molecule has 0 heterocycles. The molecule has 0 unspecified atom stereocenters. The Labute approximate surface area is 124 Å². The van der Waals surface area contributed by atoms with Gasteiger partial charge in [0.2, 0.25) is 0 Å². The first-order valence-electron chi connectivity index (χ1n) is 7.82. The molecule has 0 bridgehead atoms. The van der Waals surface area contributed by atoms with E-state index < -0.39 is 0 Å². The first-order chi connectivity index (χ1) is 9.57. The van der Waals surface area contributed by atoms with Gasteiger partial charge in [0.15, 0.2) is 0 Å². The number of phenolic OH excluding ortho intramolecular Hbond substituents is 1. The maximum Gasteiger partial charge on any atom is 0.126 e. The summed E-state index contributed by atoms with van der Waals surface area (Å²) in [6.45, 7) is 5.30. The first-order valence-corrected chi connectivity index (χ1v) is 7.82. The van der Waals surface area contributed by atoms with Crippen LogP contribution in [0.5, 0.6) is 5.75 Å². The van der Waals surface area contributed by atoms with Gasteiger partial charge in [-0.05, 0) is 38.3 Å². The van der Waals surface area contributed by atoms with Gasteiger partial charge < -0.3 is 9.90 Å². The number of benzene rings is 1. The highest BCUT2D eigenvalue weighted by atomic mass is 16.3. The molecule has 1 aromatic rings. The molecule has 2 heteroatoms. The number of para-hydroxylation sites is 1. The minimum absolute atomic E-state index is 0.167. The monoisotopic (exact) mass is 278 g/mol. The van der Waals surface area contributed by atoms with Crippen LogP contribution in [-0.2, 0) is 11.2 Å². The molecule has 1 aromatic carbocycles. The number of aromatic hydroxyl groups is 1. The molecule has 20 heavy (non-hydrogen) atoms. The van der Waals surface area contributed by atoms with Gasteiger partial charge in [-0.2, -0.15) is 0 Å². The van der Waals surface area contributed by atoms with Crippen molar-refractivity contribution in [3.63, 3.8) is 0 Å². The summed E-state index contributed by atoms with van der Waals surface area (Å²) >= 11 is 0. The summed E-state index contributed by atoms with van der Waals surface area (Å²) in [7, 11) is 0. The molecule has 0 aliphatic heterocycles. The van der Waals surface area contributed by atoms with Crippen molar-refractivity contribution in [3.05, 3.63) is 29.8 Å². The highest BCUT2D eigenvalue weighted by Gasteiger charge is 1.98. The molecular weight excluding hydrogens is 248 g/mol. The fourth-order valence-corrected chi connectivity index (χ4v) is 1.99. The lowest BCUT2D eigenvalue weighted by atomic mass is 10.0. The van der Waals surface area contributed by atoms with E-state index in [0.717, 1.165) is 12.0 Å². The van der Waals surface area contributed by atoms with Gasteiger partial charge in [-0.1, -0.05) is 63.6 Å². The molecular formula is C18H30O2. The average molecular weight is 278 g/mol. The van der Waals surface area contributed by atoms with Crippen LogP contribution in [-0.4, -0.2) is 10.9 Å². The number of carbonyl (C=O) groups is 1. The summed E-state index contributed by atoms with van der Waals surface area (Å²) in [5.74, 6) is 0.619. The van der Waals surface area contributed by atoms with Gasteiger partial charge in [-0.15, -0.1) is 0 Å². The molecule has 0 spiro atoms. The van der Waals surface area contributed by atoms with Crippen LogP contribution in [0.25, 0.3) is 0 Å². The van der Waals surface area contributed by atoms with E-state index in [2.05, 4.69) is 6.92 Å². The SMILES string of the molecule is CC(C)=O.CCCCCCCCCc1ccccc1O. The van der Waals surface area contributed by atoms with E-state index in [1.807, 2.05) is 18.2 Å². The zero-order valence-electron chi connectivity index (χ0n) is 13.3. The van der Waals surface area contributed by atoms with Crippen LogP contribution in [0.15, 0.2) is 24.3 Å². The van der Waals surface area contributed by atoms with Crippen molar-refractivity contribution in [3.8, 4) is 5.75 Å². The second-order valence-electron chi connectivity index (χ2n) is 5.41. The molecule has 114 valence electrons. The van der Waals surface area contributed by atoms with Crippen LogP contribution in [0.1, 0.15) is 71.3 Å². The number of phenols is 1. The van der Waals surface area contributed by atoms with Gasteiger partial charge in [-0.25, -0.2) is 0 Å². The largest absolute Gasteiger partial charge is 0.508 e. The molecule has 0 aliphatic carbocycles. The molecule has 0 fully saturated rings. The van der Waals surface area contributed by atoms with Crippen LogP contribution in [0.4, 0.5) is 0 Å². The van der Waals surface area contributed by atoms with Crippen LogP contribution >= 0.6 is 0 Å². The van der Waals surface area contributed by atoms with Crippen molar-refractivity contribution >= 4 is 5.78 Å². The Hall–Kier alpha value is -1.31. The molecule has 1 rings (SSSR count). The Morgan fingerprint density at radius 2 is 1.45 bits per heavy atom. The molecule has 2 nitrogen and oxygen atoms in total. The summed E-state index contributed by atoms with van der Waals surface area (Å²) in [5.41, 5.74) is 1.09. The topological polar surface area (TPSA) is 37.3 Å². The Morgan fingerprint density at radius 3 is 2.00 bits per heavy atom. The zero-order valence-corrected chi connectivity index (χ0v) is 13.3. The van der Waals surface area contributed by atoms with E-state index >= 15 is 0 Å². The summed E-state index contributed by atoms with van der Waals surface area (Å²) in [5, 5.41) is 9.58. The molecule has 1 N–H and O–H groups in total. The van der Waals surface area contributed by atoms with Gasteiger partial charge in [0, 0.05) is 0 Å². The quantitative estimate of drug-likeness (QED) is 0.657. The van der Waals surface area contributed by atoms with Crippen LogP contribution in [0.2, 0.25) is 0 Å². The lowest BCUT2D eigenvalue weighted by Gasteiger charge is -2.04. The number of unbranched alkanes of at least 4 members (excludes halogenated alkanes) is 6. The molecule has 0 saturated heterocycles. The smallest absolute Gasteiger partial charge is 0.126 e. The van der Waals surface area contributed by atoms with E-state index in [9.17, 15) is 9.90 Å². The normalized spacial score (nSPS) is 9.75. The maximum atomic E-state index is 9.58. The third-order valence-electron chi connectivity index (χ3n) is 3.04. The van der Waals surface area contributed by atoms with Crippen molar-refractivity contribution in [2.75, 3.05) is 0 Å². The summed E-state index contributed by atoms with van der Waals surface area (Å²) in [4.78, 5) is 9.44. The lowest BCUT2D eigenvalue weighted by molar-refractivity contribution is -0.114. The molecule has 0 atom stereocenters. The van der Waals surface area contributed by atoms with Crippen molar-refractivity contribution in [1.29, 1.82) is 0 Å². The number of rotatable bonds is 8. The molecule has 0 radical (unpaired) electrons. The molecule has 0 saturated carbocycles. The van der Waals surface area contributed by atoms with Gasteiger partial charge in [0.1, 0.15) is 11.5 Å². The fourth-order valence-electron chi connectivity index (χ4n) is 1.99. The zero-order chi connectivity index (χ0) is 15.2. The number of carbonyl (C=O) groups excluding carboxylic acids is 1. The molecule has 0 aliphatic rings. The average Bonchev–Trinajstić information content (AvgIpc) is 2.39. The predicted octanol–water partition coefficient (Wildman–Crippen LogP) is 5.28. The van der Waals surface area contributed by atoms with Gasteiger partial charge in [0.05, 0.1) is 0 Å². The fraction of sp³-hybridized carbons (Fsp3) is 0.611. The third kappa shape index (κ3) is 11.8. The van der Waals surface area contributed by atoms with Gasteiger partial charge in [0.25, 0.3) is 0 Å². The van der Waals surface area contributed by atoms with E-state index in [-0.39, 0.29) is 5.78 Å². The van der Waals surface area contributed by atoms with E-state index in [0.29, 0.717) is 5.75 Å². The van der Waals surface area contributed by atoms with Crippen LogP contribution < -0.4 is 0 Å². The Kier molecular flexibility index (Phi) is 11.9. The minimum Gasteiger partial charge on any atom is -0.508 e. The Morgan fingerprint density at radius 1 is 0.950 bits per heavy atom. The van der Waals surface area contributed by atoms with Gasteiger partial charge in [-0.3, -0.25) is 0 Å². The van der Waals surface area contributed by atoms with Crippen LogP contribution in [0.3, 0.4) is 0 Å². The standard InChI is InChI=1S/C15H24O.C3H6O/c1-2-3-4-5-6-7-8-11-14-12-9-10-13-15(14)16;1-3(2)4/h9-10,12-13,16H,2-8,11H2,1H3;1-2H3. The number of ketones is 1. The van der Waals surface area contributed by atoms with Crippen molar-refractivity contribution in [2.24, 2.45) is 0 Å². The van der Waals surface area contributed by atoms with E-state index in [1.165, 1.54) is 58.8 Å². The summed E-state index contributed by atoms with van der Waals surface area (Å²) < 4.78 is 0. The maximum absolute atomic E-state index is 9.58. The highest BCUT2D eigenvalue weighted by molar-refractivity contribution is 5.72.